The Bertz CT molecular complexity index is 174. The molecule has 0 aromatic carbocycles. The van der Waals surface area contributed by atoms with Crippen LogP contribution < -0.4 is 0 Å². The average Bonchev–Trinajstić information content (AvgIpc) is 2.17. The lowest BCUT2D eigenvalue weighted by molar-refractivity contribution is -0.110. The predicted molar refractivity (Wildman–Crippen MR) is 59.9 cm³/mol. The third kappa shape index (κ3) is 2.50. The van der Waals surface area contributed by atoms with Gasteiger partial charge in [-0.05, 0) is 18.8 Å². The second kappa shape index (κ2) is 4.95. The normalized spacial score (nSPS) is 27.2. The highest BCUT2D eigenvalue weighted by Gasteiger charge is 2.33. The minimum atomic E-state index is 0.0772. The molecule has 3 heteroatoms. The van der Waals surface area contributed by atoms with E-state index in [1.54, 1.807) is 0 Å². The van der Waals surface area contributed by atoms with Crippen LogP contribution in [0.5, 0.6) is 0 Å². The molecule has 0 unspecified atom stereocenters. The zero-order chi connectivity index (χ0) is 9.86. The average molecular weight is 263 g/mol. The summed E-state index contributed by atoms with van der Waals surface area (Å²) in [6.45, 7) is 2.68. The number of ether oxygens (including phenoxy) is 2. The molecule has 0 amide bonds. The van der Waals surface area contributed by atoms with Crippen LogP contribution in [0, 0.1) is 5.92 Å². The van der Waals surface area contributed by atoms with E-state index in [0.717, 1.165) is 43.9 Å². The number of halogens is 1. The molecule has 1 saturated heterocycles. The first-order valence-electron chi connectivity index (χ1n) is 5.62. The molecule has 2 nitrogen and oxygen atoms in total. The van der Waals surface area contributed by atoms with E-state index in [2.05, 4.69) is 15.9 Å². The van der Waals surface area contributed by atoms with Crippen molar-refractivity contribution in [1.29, 1.82) is 0 Å². The Morgan fingerprint density at radius 1 is 1.29 bits per heavy atom. The summed E-state index contributed by atoms with van der Waals surface area (Å²) in [5.74, 6) is 0.841. The van der Waals surface area contributed by atoms with Crippen LogP contribution in [0.2, 0.25) is 0 Å². The minimum Gasteiger partial charge on any atom is -0.381 e. The zero-order valence-electron chi connectivity index (χ0n) is 8.64. The van der Waals surface area contributed by atoms with Gasteiger partial charge >= 0.3 is 0 Å². The maximum Gasteiger partial charge on any atom is 0.0822 e. The SMILES string of the molecule is BrCC1(OCC2CCC2)CCOCC1. The van der Waals surface area contributed by atoms with Gasteiger partial charge in [-0.3, -0.25) is 0 Å². The van der Waals surface area contributed by atoms with Crippen LogP contribution in [-0.2, 0) is 9.47 Å². The van der Waals surface area contributed by atoms with Crippen molar-refractivity contribution in [3.05, 3.63) is 0 Å². The van der Waals surface area contributed by atoms with Crippen molar-refractivity contribution < 1.29 is 9.47 Å². The van der Waals surface area contributed by atoms with Crippen molar-refractivity contribution in [2.24, 2.45) is 5.92 Å². The Morgan fingerprint density at radius 2 is 2.00 bits per heavy atom. The van der Waals surface area contributed by atoms with Crippen LogP contribution in [0.25, 0.3) is 0 Å². The minimum absolute atomic E-state index is 0.0772. The van der Waals surface area contributed by atoms with Gasteiger partial charge in [0, 0.05) is 31.4 Å². The smallest absolute Gasteiger partial charge is 0.0822 e. The van der Waals surface area contributed by atoms with Gasteiger partial charge in [-0.25, -0.2) is 0 Å². The molecule has 1 aliphatic carbocycles. The number of alkyl halides is 1. The van der Waals surface area contributed by atoms with E-state index < -0.39 is 0 Å². The fourth-order valence-corrected chi connectivity index (χ4v) is 2.74. The maximum atomic E-state index is 6.10. The van der Waals surface area contributed by atoms with E-state index in [9.17, 15) is 0 Å². The summed E-state index contributed by atoms with van der Waals surface area (Å²) in [6, 6.07) is 0. The Balaban J connectivity index is 1.77. The summed E-state index contributed by atoms with van der Waals surface area (Å²) in [7, 11) is 0. The van der Waals surface area contributed by atoms with E-state index in [-0.39, 0.29) is 5.60 Å². The zero-order valence-corrected chi connectivity index (χ0v) is 10.2. The number of rotatable bonds is 4. The van der Waals surface area contributed by atoms with Crippen LogP contribution >= 0.6 is 15.9 Å². The van der Waals surface area contributed by atoms with Crippen molar-refractivity contribution in [2.75, 3.05) is 25.2 Å². The van der Waals surface area contributed by atoms with E-state index in [4.69, 9.17) is 9.47 Å². The fraction of sp³-hybridized carbons (Fsp3) is 1.00. The van der Waals surface area contributed by atoms with Crippen molar-refractivity contribution in [3.8, 4) is 0 Å². The standard InChI is InChI=1S/C11H19BrO2/c12-9-11(4-6-13-7-5-11)14-8-10-2-1-3-10/h10H,1-9H2. The second-order valence-electron chi connectivity index (χ2n) is 4.54. The molecule has 82 valence electrons. The first-order valence-corrected chi connectivity index (χ1v) is 6.74. The summed E-state index contributed by atoms with van der Waals surface area (Å²) in [5, 5.41) is 0.954. The summed E-state index contributed by atoms with van der Waals surface area (Å²) < 4.78 is 11.5. The third-order valence-corrected chi connectivity index (χ3v) is 4.52. The molecule has 1 saturated carbocycles. The Kier molecular flexibility index (Phi) is 3.86. The Hall–Kier alpha value is 0.400. The van der Waals surface area contributed by atoms with Crippen molar-refractivity contribution in [1.82, 2.24) is 0 Å². The summed E-state index contributed by atoms with van der Waals surface area (Å²) in [4.78, 5) is 0. The second-order valence-corrected chi connectivity index (χ2v) is 5.10. The topological polar surface area (TPSA) is 18.5 Å². The van der Waals surface area contributed by atoms with Crippen molar-refractivity contribution in [2.45, 2.75) is 37.7 Å². The molecule has 0 radical (unpaired) electrons. The molecule has 2 fully saturated rings. The number of hydrogen-bond acceptors (Lipinski definition) is 2. The van der Waals surface area contributed by atoms with E-state index in [1.165, 1.54) is 19.3 Å². The molecule has 0 aromatic rings. The summed E-state index contributed by atoms with van der Waals surface area (Å²) >= 11 is 3.58. The molecule has 0 atom stereocenters. The first kappa shape index (κ1) is 10.9. The Labute approximate surface area is 94.5 Å². The summed E-state index contributed by atoms with van der Waals surface area (Å²) in [5.41, 5.74) is 0.0772. The van der Waals surface area contributed by atoms with E-state index in [1.807, 2.05) is 0 Å². The van der Waals surface area contributed by atoms with Gasteiger partial charge in [0.25, 0.3) is 0 Å². The lowest BCUT2D eigenvalue weighted by Gasteiger charge is -2.38. The molecular weight excluding hydrogens is 244 g/mol. The molecule has 0 aromatic heterocycles. The lowest BCUT2D eigenvalue weighted by atomic mass is 9.86. The Morgan fingerprint density at radius 3 is 2.50 bits per heavy atom. The molecular formula is C11H19BrO2. The molecule has 1 aliphatic heterocycles. The quantitative estimate of drug-likeness (QED) is 0.726. The molecule has 0 N–H and O–H groups in total. The lowest BCUT2D eigenvalue weighted by Crippen LogP contribution is -2.42. The van der Waals surface area contributed by atoms with Crippen LogP contribution in [-0.4, -0.2) is 30.8 Å². The molecule has 0 bridgehead atoms. The van der Waals surface area contributed by atoms with E-state index >= 15 is 0 Å². The highest BCUT2D eigenvalue weighted by molar-refractivity contribution is 9.09. The van der Waals surface area contributed by atoms with Gasteiger partial charge in [-0.2, -0.15) is 0 Å². The van der Waals surface area contributed by atoms with Crippen LogP contribution in [0.15, 0.2) is 0 Å². The van der Waals surface area contributed by atoms with Gasteiger partial charge in [0.15, 0.2) is 0 Å². The maximum absolute atomic E-state index is 6.10. The molecule has 2 aliphatic rings. The van der Waals surface area contributed by atoms with Gasteiger partial charge in [-0.1, -0.05) is 22.4 Å². The molecule has 0 spiro atoms. The van der Waals surface area contributed by atoms with Crippen molar-refractivity contribution in [3.63, 3.8) is 0 Å². The molecule has 2 rings (SSSR count). The summed E-state index contributed by atoms with van der Waals surface area (Å²) in [6.07, 6.45) is 6.23. The van der Waals surface area contributed by atoms with Crippen molar-refractivity contribution >= 4 is 15.9 Å². The highest BCUT2D eigenvalue weighted by atomic mass is 79.9. The predicted octanol–water partition coefficient (Wildman–Crippen LogP) is 2.75. The third-order valence-electron chi connectivity index (χ3n) is 3.50. The monoisotopic (exact) mass is 262 g/mol. The van der Waals surface area contributed by atoms with Gasteiger partial charge in [0.1, 0.15) is 0 Å². The van der Waals surface area contributed by atoms with Crippen LogP contribution in [0.4, 0.5) is 0 Å². The van der Waals surface area contributed by atoms with Gasteiger partial charge in [0.2, 0.25) is 0 Å². The van der Waals surface area contributed by atoms with Gasteiger partial charge in [0.05, 0.1) is 12.2 Å². The van der Waals surface area contributed by atoms with E-state index in [0.29, 0.717) is 0 Å². The first-order chi connectivity index (χ1) is 6.85. The largest absolute Gasteiger partial charge is 0.381 e. The highest BCUT2D eigenvalue weighted by Crippen LogP contribution is 2.32. The fourth-order valence-electron chi connectivity index (χ4n) is 2.01. The van der Waals surface area contributed by atoms with Gasteiger partial charge in [-0.15, -0.1) is 0 Å². The number of hydrogen-bond donors (Lipinski definition) is 0. The molecule has 14 heavy (non-hydrogen) atoms. The molecule has 1 heterocycles. The van der Waals surface area contributed by atoms with Crippen LogP contribution in [0.1, 0.15) is 32.1 Å². The van der Waals surface area contributed by atoms with Gasteiger partial charge < -0.3 is 9.47 Å². The van der Waals surface area contributed by atoms with Crippen LogP contribution in [0.3, 0.4) is 0 Å².